The quantitative estimate of drug-likeness (QED) is 0.434. The van der Waals surface area contributed by atoms with Crippen LogP contribution in [0, 0.1) is 5.92 Å². The van der Waals surface area contributed by atoms with E-state index in [-0.39, 0.29) is 18.8 Å². The van der Waals surface area contributed by atoms with Crippen LogP contribution in [0.1, 0.15) is 26.2 Å². The lowest BCUT2D eigenvalue weighted by molar-refractivity contribution is -0.147. The van der Waals surface area contributed by atoms with Gasteiger partial charge in [-0.3, -0.25) is 4.79 Å². The van der Waals surface area contributed by atoms with Gasteiger partial charge < -0.3 is 14.6 Å². The third-order valence-electron chi connectivity index (χ3n) is 2.78. The molecule has 0 bridgehead atoms. The zero-order valence-corrected chi connectivity index (χ0v) is 11.2. The standard InChI is InChI=1S/C14H20O5/c1-10(2)9-18-7-8-19-14(17)12-6-4-3-5-11(12)13(15)16/h6,11H,1,3-5,7-9H2,2H3,(H,15,16). The van der Waals surface area contributed by atoms with E-state index in [1.54, 1.807) is 6.08 Å². The molecule has 1 N–H and O–H groups in total. The monoisotopic (exact) mass is 268 g/mol. The van der Waals surface area contributed by atoms with Crippen LogP contribution in [0.25, 0.3) is 0 Å². The summed E-state index contributed by atoms with van der Waals surface area (Å²) in [6.07, 6.45) is 3.66. The Morgan fingerprint density at radius 2 is 2.21 bits per heavy atom. The fourth-order valence-corrected chi connectivity index (χ4v) is 1.88. The molecule has 106 valence electrons. The molecule has 0 aromatic carbocycles. The van der Waals surface area contributed by atoms with Crippen LogP contribution in [0.2, 0.25) is 0 Å². The Bertz CT molecular complexity index is 383. The average molecular weight is 268 g/mol. The van der Waals surface area contributed by atoms with Crippen LogP contribution in [0.5, 0.6) is 0 Å². The number of hydrogen-bond acceptors (Lipinski definition) is 4. The first-order valence-corrected chi connectivity index (χ1v) is 6.34. The maximum absolute atomic E-state index is 11.8. The molecule has 5 heteroatoms. The highest BCUT2D eigenvalue weighted by Crippen LogP contribution is 2.25. The summed E-state index contributed by atoms with van der Waals surface area (Å²) in [6.45, 7) is 6.36. The summed E-state index contributed by atoms with van der Waals surface area (Å²) in [7, 11) is 0. The van der Waals surface area contributed by atoms with Crippen molar-refractivity contribution in [3.8, 4) is 0 Å². The summed E-state index contributed by atoms with van der Waals surface area (Å²) in [5.74, 6) is -2.26. The molecule has 1 atom stereocenters. The highest BCUT2D eigenvalue weighted by molar-refractivity contribution is 5.95. The van der Waals surface area contributed by atoms with Crippen molar-refractivity contribution in [2.75, 3.05) is 19.8 Å². The number of carbonyl (C=O) groups excluding carboxylic acids is 1. The molecule has 1 unspecified atom stereocenters. The van der Waals surface area contributed by atoms with E-state index in [0.29, 0.717) is 13.0 Å². The number of carboxylic acid groups (broad SMARTS) is 1. The van der Waals surface area contributed by atoms with Crippen molar-refractivity contribution in [1.82, 2.24) is 0 Å². The molecule has 0 aromatic rings. The van der Waals surface area contributed by atoms with E-state index in [1.807, 2.05) is 6.92 Å². The van der Waals surface area contributed by atoms with Gasteiger partial charge in [0.15, 0.2) is 0 Å². The van der Waals surface area contributed by atoms with E-state index in [1.165, 1.54) is 0 Å². The van der Waals surface area contributed by atoms with Gasteiger partial charge in [-0.1, -0.05) is 18.2 Å². The highest BCUT2D eigenvalue weighted by atomic mass is 16.6. The minimum atomic E-state index is -0.971. The number of aliphatic carboxylic acids is 1. The molecule has 0 aliphatic heterocycles. The Hall–Kier alpha value is -1.62. The Morgan fingerprint density at radius 1 is 1.47 bits per heavy atom. The average Bonchev–Trinajstić information content (AvgIpc) is 2.37. The van der Waals surface area contributed by atoms with Crippen molar-refractivity contribution >= 4 is 11.9 Å². The molecule has 1 aliphatic carbocycles. The lowest BCUT2D eigenvalue weighted by Gasteiger charge is -2.19. The molecule has 1 aliphatic rings. The first kappa shape index (κ1) is 15.4. The van der Waals surface area contributed by atoms with Crippen LogP contribution in [0.4, 0.5) is 0 Å². The van der Waals surface area contributed by atoms with Crippen molar-refractivity contribution < 1.29 is 24.2 Å². The maximum Gasteiger partial charge on any atom is 0.334 e. The van der Waals surface area contributed by atoms with Gasteiger partial charge in [-0.2, -0.15) is 0 Å². The van der Waals surface area contributed by atoms with E-state index in [4.69, 9.17) is 14.6 Å². The smallest absolute Gasteiger partial charge is 0.334 e. The molecular weight excluding hydrogens is 248 g/mol. The first-order valence-electron chi connectivity index (χ1n) is 6.34. The summed E-state index contributed by atoms with van der Waals surface area (Å²) >= 11 is 0. The zero-order valence-electron chi connectivity index (χ0n) is 11.2. The predicted molar refractivity (Wildman–Crippen MR) is 69.7 cm³/mol. The predicted octanol–water partition coefficient (Wildman–Crippen LogP) is 1.93. The summed E-state index contributed by atoms with van der Waals surface area (Å²) in [4.78, 5) is 22.8. The lowest BCUT2D eigenvalue weighted by atomic mass is 9.88. The van der Waals surface area contributed by atoms with Gasteiger partial charge in [0, 0.05) is 5.57 Å². The summed E-state index contributed by atoms with van der Waals surface area (Å²) in [6, 6.07) is 0. The molecule has 0 amide bonds. The van der Waals surface area contributed by atoms with E-state index < -0.39 is 17.9 Å². The maximum atomic E-state index is 11.8. The Labute approximate surface area is 112 Å². The number of esters is 1. The molecule has 0 fully saturated rings. The summed E-state index contributed by atoms with van der Waals surface area (Å²) in [5, 5.41) is 9.05. The molecule has 0 saturated carbocycles. The van der Waals surface area contributed by atoms with Gasteiger partial charge in [0.2, 0.25) is 0 Å². The van der Waals surface area contributed by atoms with Crippen LogP contribution in [0.15, 0.2) is 23.8 Å². The van der Waals surface area contributed by atoms with Gasteiger partial charge >= 0.3 is 11.9 Å². The van der Waals surface area contributed by atoms with E-state index in [0.717, 1.165) is 18.4 Å². The van der Waals surface area contributed by atoms with Gasteiger partial charge in [-0.15, -0.1) is 0 Å². The van der Waals surface area contributed by atoms with E-state index in [2.05, 4.69) is 6.58 Å². The number of carbonyl (C=O) groups is 2. The number of allylic oxidation sites excluding steroid dienone is 1. The fourth-order valence-electron chi connectivity index (χ4n) is 1.88. The number of hydrogen-bond donors (Lipinski definition) is 1. The third-order valence-corrected chi connectivity index (χ3v) is 2.78. The second-order valence-electron chi connectivity index (χ2n) is 4.63. The van der Waals surface area contributed by atoms with Gasteiger partial charge in [0.25, 0.3) is 0 Å². The zero-order chi connectivity index (χ0) is 14.3. The van der Waals surface area contributed by atoms with Gasteiger partial charge in [-0.05, 0) is 26.2 Å². The largest absolute Gasteiger partial charge is 0.481 e. The molecule has 5 nitrogen and oxygen atoms in total. The van der Waals surface area contributed by atoms with Crippen LogP contribution in [-0.4, -0.2) is 36.9 Å². The number of rotatable bonds is 7. The number of ether oxygens (including phenoxy) is 2. The fraction of sp³-hybridized carbons (Fsp3) is 0.571. The highest BCUT2D eigenvalue weighted by Gasteiger charge is 2.30. The van der Waals surface area contributed by atoms with Crippen LogP contribution in [0.3, 0.4) is 0 Å². The SMILES string of the molecule is C=C(C)COCCOC(=O)C1=CCCCC1C(=O)O. The summed E-state index contributed by atoms with van der Waals surface area (Å²) < 4.78 is 10.2. The summed E-state index contributed by atoms with van der Waals surface area (Å²) in [5.41, 5.74) is 1.16. The van der Waals surface area contributed by atoms with Crippen molar-refractivity contribution in [3.05, 3.63) is 23.8 Å². The Morgan fingerprint density at radius 3 is 2.84 bits per heavy atom. The van der Waals surface area contributed by atoms with Gasteiger partial charge in [0.1, 0.15) is 6.61 Å². The topological polar surface area (TPSA) is 72.8 Å². The third kappa shape index (κ3) is 5.26. The van der Waals surface area contributed by atoms with E-state index in [9.17, 15) is 9.59 Å². The second-order valence-corrected chi connectivity index (χ2v) is 4.63. The van der Waals surface area contributed by atoms with E-state index >= 15 is 0 Å². The molecule has 0 saturated heterocycles. The molecule has 1 rings (SSSR count). The van der Waals surface area contributed by atoms with Crippen LogP contribution < -0.4 is 0 Å². The molecule has 0 spiro atoms. The Balaban J connectivity index is 2.37. The van der Waals surface area contributed by atoms with Crippen LogP contribution >= 0.6 is 0 Å². The van der Waals surface area contributed by atoms with Crippen molar-refractivity contribution in [3.63, 3.8) is 0 Å². The first-order chi connectivity index (χ1) is 9.02. The molecule has 0 radical (unpaired) electrons. The molecule has 0 heterocycles. The molecular formula is C14H20O5. The molecule has 19 heavy (non-hydrogen) atoms. The Kier molecular flexibility index (Phi) is 6.29. The minimum Gasteiger partial charge on any atom is -0.481 e. The van der Waals surface area contributed by atoms with Crippen LogP contribution in [-0.2, 0) is 19.1 Å². The van der Waals surface area contributed by atoms with Crippen molar-refractivity contribution in [2.45, 2.75) is 26.2 Å². The van der Waals surface area contributed by atoms with Gasteiger partial charge in [0.05, 0.1) is 19.1 Å². The lowest BCUT2D eigenvalue weighted by Crippen LogP contribution is -2.26. The number of carboxylic acids is 1. The van der Waals surface area contributed by atoms with Crippen molar-refractivity contribution in [2.24, 2.45) is 5.92 Å². The van der Waals surface area contributed by atoms with Crippen molar-refractivity contribution in [1.29, 1.82) is 0 Å². The van der Waals surface area contributed by atoms with Gasteiger partial charge in [-0.25, -0.2) is 4.79 Å². The normalized spacial score (nSPS) is 18.6. The molecule has 0 aromatic heterocycles. The minimum absolute atomic E-state index is 0.121. The second kappa shape index (κ2) is 7.74.